The molecule has 0 radical (unpaired) electrons. The van der Waals surface area contributed by atoms with Gasteiger partial charge in [-0.1, -0.05) is 0 Å². The second-order valence-electron chi connectivity index (χ2n) is 4.79. The van der Waals surface area contributed by atoms with Crippen molar-refractivity contribution in [3.05, 3.63) is 0 Å². The summed E-state index contributed by atoms with van der Waals surface area (Å²) in [5.41, 5.74) is -0.507. The van der Waals surface area contributed by atoms with Crippen LogP contribution in [-0.2, 0) is 14.4 Å². The van der Waals surface area contributed by atoms with Gasteiger partial charge in [0.2, 0.25) is 0 Å². The summed E-state index contributed by atoms with van der Waals surface area (Å²) < 4.78 is 5.22. The summed E-state index contributed by atoms with van der Waals surface area (Å²) in [7, 11) is 0. The lowest BCUT2D eigenvalue weighted by Gasteiger charge is -2.25. The van der Waals surface area contributed by atoms with E-state index in [4.69, 9.17) is 15.5 Å². The number of ether oxygens (including phenoxy) is 1. The summed E-state index contributed by atoms with van der Waals surface area (Å²) in [6.07, 6.45) is 1.22. The van der Waals surface area contributed by atoms with Crippen molar-refractivity contribution in [1.82, 2.24) is 5.32 Å². The van der Waals surface area contributed by atoms with Crippen LogP contribution in [0.2, 0.25) is 0 Å². The molecule has 2 atom stereocenters. The molecule has 1 saturated heterocycles. The largest absolute Gasteiger partial charge is 0.458 e. The van der Waals surface area contributed by atoms with E-state index in [1.54, 1.807) is 0 Å². The van der Waals surface area contributed by atoms with Crippen LogP contribution in [0.15, 0.2) is 0 Å². The number of hydrogen-bond donors (Lipinski definition) is 2. The molecule has 1 rings (SSSR count). The van der Waals surface area contributed by atoms with E-state index >= 15 is 0 Å². The Labute approximate surface area is 90.3 Å². The lowest BCUT2D eigenvalue weighted by Crippen LogP contribution is -2.46. The van der Waals surface area contributed by atoms with Crippen LogP contribution >= 0.6 is 0 Å². The molecule has 1 aliphatic rings. The Hall–Kier alpha value is -0.650. The Morgan fingerprint density at radius 1 is 1.53 bits per heavy atom. The molecular weight excluding hydrogens is 196 g/mol. The van der Waals surface area contributed by atoms with Crippen molar-refractivity contribution < 1.29 is 14.4 Å². The molecule has 0 bridgehead atoms. The van der Waals surface area contributed by atoms with Crippen molar-refractivity contribution in [2.24, 2.45) is 5.90 Å². The van der Waals surface area contributed by atoms with Gasteiger partial charge in [-0.15, -0.1) is 0 Å². The van der Waals surface area contributed by atoms with Gasteiger partial charge in [-0.25, -0.2) is 10.7 Å². The smallest absolute Gasteiger partial charge is 0.339 e. The molecular formula is C10H20N2O3. The molecule has 0 saturated carbocycles. The van der Waals surface area contributed by atoms with Gasteiger partial charge in [0.05, 0.1) is 0 Å². The number of nitrogens with two attached hydrogens (primary N) is 1. The highest BCUT2D eigenvalue weighted by atomic mass is 16.7. The Bertz CT molecular complexity index is 219. The highest BCUT2D eigenvalue weighted by molar-refractivity contribution is 5.76. The Balaban J connectivity index is 2.53. The molecule has 15 heavy (non-hydrogen) atoms. The predicted molar refractivity (Wildman–Crippen MR) is 55.9 cm³/mol. The summed E-state index contributed by atoms with van der Waals surface area (Å²) in [5.74, 6) is 4.73. The van der Waals surface area contributed by atoms with E-state index in [9.17, 15) is 4.79 Å². The molecule has 0 amide bonds. The Morgan fingerprint density at radius 3 is 2.60 bits per heavy atom. The Kier molecular flexibility index (Phi) is 4.07. The van der Waals surface area contributed by atoms with Crippen molar-refractivity contribution in [3.8, 4) is 0 Å². The van der Waals surface area contributed by atoms with Gasteiger partial charge in [0, 0.05) is 6.04 Å². The van der Waals surface area contributed by atoms with Crippen molar-refractivity contribution in [1.29, 1.82) is 0 Å². The number of nitrogens with one attached hydrogen (secondary N) is 1. The second kappa shape index (κ2) is 4.92. The number of esters is 1. The molecule has 3 N–H and O–H groups in total. The zero-order valence-electron chi connectivity index (χ0n) is 9.58. The molecule has 88 valence electrons. The summed E-state index contributed by atoms with van der Waals surface area (Å²) >= 11 is 0. The van der Waals surface area contributed by atoms with Gasteiger partial charge in [0.25, 0.3) is 0 Å². The van der Waals surface area contributed by atoms with Crippen molar-refractivity contribution in [2.75, 3.05) is 6.54 Å². The summed E-state index contributed by atoms with van der Waals surface area (Å²) in [4.78, 5) is 16.4. The van der Waals surface area contributed by atoms with Crippen LogP contribution in [0.5, 0.6) is 0 Å². The Morgan fingerprint density at radius 2 is 2.20 bits per heavy atom. The summed E-state index contributed by atoms with van der Waals surface area (Å²) in [6.45, 7) is 6.36. The normalized spacial score (nSPS) is 23.9. The van der Waals surface area contributed by atoms with Gasteiger partial charge in [-0.3, -0.25) is 4.84 Å². The number of rotatable bonds is 3. The zero-order valence-corrected chi connectivity index (χ0v) is 9.58. The first-order chi connectivity index (χ1) is 6.94. The van der Waals surface area contributed by atoms with E-state index < -0.39 is 17.7 Å². The van der Waals surface area contributed by atoms with Crippen molar-refractivity contribution in [2.45, 2.75) is 51.4 Å². The van der Waals surface area contributed by atoms with Crippen LogP contribution in [-0.4, -0.2) is 30.3 Å². The lowest BCUT2D eigenvalue weighted by atomic mass is 10.1. The molecule has 5 heteroatoms. The topological polar surface area (TPSA) is 73.6 Å². The van der Waals surface area contributed by atoms with Crippen molar-refractivity contribution in [3.63, 3.8) is 0 Å². The molecule has 0 aromatic carbocycles. The molecule has 0 aromatic rings. The summed E-state index contributed by atoms with van der Waals surface area (Å²) in [6, 6.07) is -0.0233. The van der Waals surface area contributed by atoms with Gasteiger partial charge in [0.15, 0.2) is 6.10 Å². The minimum Gasteiger partial charge on any atom is -0.458 e. The number of carbonyl (C=O) groups excluding carboxylic acids is 1. The van der Waals surface area contributed by atoms with Gasteiger partial charge < -0.3 is 10.1 Å². The van der Waals surface area contributed by atoms with Crippen molar-refractivity contribution >= 4 is 5.97 Å². The second-order valence-corrected chi connectivity index (χ2v) is 4.79. The maximum absolute atomic E-state index is 11.7. The average molecular weight is 216 g/mol. The third-order valence-electron chi connectivity index (χ3n) is 2.25. The van der Waals surface area contributed by atoms with Gasteiger partial charge in [-0.05, 0) is 40.2 Å². The highest BCUT2D eigenvalue weighted by Gasteiger charge is 2.34. The first-order valence-corrected chi connectivity index (χ1v) is 5.26. The van der Waals surface area contributed by atoms with Crippen LogP contribution in [0.3, 0.4) is 0 Å². The molecule has 1 fully saturated rings. The van der Waals surface area contributed by atoms with E-state index in [0.29, 0.717) is 0 Å². The van der Waals surface area contributed by atoms with E-state index in [1.165, 1.54) is 0 Å². The third kappa shape index (κ3) is 3.77. The van der Waals surface area contributed by atoms with Gasteiger partial charge in [-0.2, -0.15) is 0 Å². The fraction of sp³-hybridized carbons (Fsp3) is 0.900. The van der Waals surface area contributed by atoms with E-state index in [1.807, 2.05) is 20.8 Å². The highest BCUT2D eigenvalue weighted by Crippen LogP contribution is 2.15. The fourth-order valence-corrected chi connectivity index (χ4v) is 1.64. The predicted octanol–water partition coefficient (Wildman–Crippen LogP) is 0.339. The van der Waals surface area contributed by atoms with Crippen LogP contribution in [0.25, 0.3) is 0 Å². The quantitative estimate of drug-likeness (QED) is 0.525. The van der Waals surface area contributed by atoms with Crippen LogP contribution < -0.4 is 11.2 Å². The minimum absolute atomic E-state index is 0.0233. The van der Waals surface area contributed by atoms with Gasteiger partial charge >= 0.3 is 5.97 Å². The first-order valence-electron chi connectivity index (χ1n) is 5.26. The molecule has 0 spiro atoms. The molecule has 1 unspecified atom stereocenters. The number of carbonyl (C=O) groups is 1. The maximum atomic E-state index is 11.7. The zero-order chi connectivity index (χ0) is 11.5. The lowest BCUT2D eigenvalue weighted by molar-refractivity contribution is -0.170. The van der Waals surface area contributed by atoms with Crippen LogP contribution in [0.4, 0.5) is 0 Å². The standard InChI is InChI=1S/C10H20N2O3/c1-10(2,3)14-9(13)8(15-11)7-5-4-6-12-7/h7-8,12H,4-6,11H2,1-3H3/t7?,8-/m0/s1. The molecule has 5 nitrogen and oxygen atoms in total. The molecule has 1 heterocycles. The van der Waals surface area contributed by atoms with E-state index in [-0.39, 0.29) is 6.04 Å². The summed E-state index contributed by atoms with van der Waals surface area (Å²) in [5, 5.41) is 3.17. The van der Waals surface area contributed by atoms with Crippen LogP contribution in [0, 0.1) is 0 Å². The minimum atomic E-state index is -0.702. The molecule has 0 aromatic heterocycles. The number of hydrogen-bond acceptors (Lipinski definition) is 5. The molecule has 0 aliphatic carbocycles. The van der Waals surface area contributed by atoms with Gasteiger partial charge in [0.1, 0.15) is 5.60 Å². The fourth-order valence-electron chi connectivity index (χ4n) is 1.64. The average Bonchev–Trinajstić information content (AvgIpc) is 2.54. The monoisotopic (exact) mass is 216 g/mol. The maximum Gasteiger partial charge on any atom is 0.339 e. The van der Waals surface area contributed by atoms with E-state index in [0.717, 1.165) is 19.4 Å². The SMILES string of the molecule is CC(C)(C)OC(=O)[C@@H](ON)C1CCCN1. The first kappa shape index (κ1) is 12.4. The third-order valence-corrected chi connectivity index (χ3v) is 2.25. The van der Waals surface area contributed by atoms with Crippen LogP contribution in [0.1, 0.15) is 33.6 Å². The molecule has 1 aliphatic heterocycles. The van der Waals surface area contributed by atoms with E-state index in [2.05, 4.69) is 5.32 Å².